The number of aromatic nitrogens is 1. The highest BCUT2D eigenvalue weighted by molar-refractivity contribution is 7.12. The molecule has 1 aromatic carbocycles. The molecule has 2 spiro atoms. The van der Waals surface area contributed by atoms with Crippen LogP contribution in [0, 0.1) is 24.2 Å². The molecule has 1 unspecified atom stereocenters. The average molecular weight is 392 g/mol. The van der Waals surface area contributed by atoms with Crippen molar-refractivity contribution < 1.29 is 4.74 Å². The summed E-state index contributed by atoms with van der Waals surface area (Å²) < 4.78 is 5.68. The van der Waals surface area contributed by atoms with E-state index in [1.165, 1.54) is 16.0 Å². The molecule has 2 heterocycles. The molecule has 5 rings (SSSR count). The lowest BCUT2D eigenvalue weighted by Gasteiger charge is -2.46. The molecule has 0 amide bonds. The van der Waals surface area contributed by atoms with E-state index in [0.29, 0.717) is 11.9 Å². The van der Waals surface area contributed by atoms with Gasteiger partial charge in [-0.2, -0.15) is 0 Å². The molecule has 0 bridgehead atoms. The number of aryl methyl sites for hydroxylation is 1. The van der Waals surface area contributed by atoms with Crippen LogP contribution in [0.2, 0.25) is 0 Å². The number of nitrogens with two attached hydrogens (primary N) is 1. The second-order valence-corrected chi connectivity index (χ2v) is 9.46. The minimum Gasteiger partial charge on any atom is -0.382 e. The van der Waals surface area contributed by atoms with Gasteiger partial charge in [0.05, 0.1) is 16.0 Å². The molecule has 2 aromatic rings. The number of hydrogen-bond donors (Lipinski definition) is 1. The molecule has 2 N–H and O–H groups in total. The van der Waals surface area contributed by atoms with E-state index in [9.17, 15) is 0 Å². The minimum atomic E-state index is -0.419. The summed E-state index contributed by atoms with van der Waals surface area (Å²) in [5, 5.41) is 1.06. The monoisotopic (exact) mass is 391 g/mol. The van der Waals surface area contributed by atoms with Crippen LogP contribution in [-0.4, -0.2) is 24.0 Å². The Morgan fingerprint density at radius 2 is 2.07 bits per heavy atom. The van der Waals surface area contributed by atoms with E-state index >= 15 is 0 Å². The van der Waals surface area contributed by atoms with Crippen LogP contribution in [0.1, 0.15) is 64.9 Å². The van der Waals surface area contributed by atoms with E-state index in [1.807, 2.05) is 14.0 Å². The van der Waals surface area contributed by atoms with Gasteiger partial charge >= 0.3 is 0 Å². The molecule has 1 aromatic heterocycles. The maximum atomic E-state index is 6.45. The van der Waals surface area contributed by atoms with Crippen molar-refractivity contribution in [2.75, 3.05) is 7.11 Å². The summed E-state index contributed by atoms with van der Waals surface area (Å²) in [5.74, 6) is 6.85. The van der Waals surface area contributed by atoms with Crippen molar-refractivity contribution in [3.05, 3.63) is 50.5 Å². The fourth-order valence-electron chi connectivity index (χ4n) is 5.66. The smallest absolute Gasteiger partial charge is 0.147 e. The van der Waals surface area contributed by atoms with E-state index in [1.54, 1.807) is 11.3 Å². The third-order valence-corrected chi connectivity index (χ3v) is 7.96. The van der Waals surface area contributed by atoms with Gasteiger partial charge < -0.3 is 10.5 Å². The Kier molecular flexibility index (Phi) is 3.94. The number of nitrogens with zero attached hydrogens (tertiary/aromatic N) is 2. The molecule has 0 saturated heterocycles. The molecule has 4 nitrogen and oxygen atoms in total. The van der Waals surface area contributed by atoms with Crippen molar-refractivity contribution in [2.24, 2.45) is 16.1 Å². The molecular weight excluding hydrogens is 366 g/mol. The van der Waals surface area contributed by atoms with E-state index < -0.39 is 5.54 Å². The standard InChI is InChI=1S/C23H25N3OS/c1-4-5-15-6-7-16-13-22(10-8-17(27-3)9-11-22)23(18(16)12-15)20-19(21(24)26-23)25-14(2)28-20/h6-7,12,17H,8-11,13H2,1-3H3,(H2,24,26). The number of hydrogen-bond acceptors (Lipinski definition) is 5. The molecule has 28 heavy (non-hydrogen) atoms. The van der Waals surface area contributed by atoms with Crippen LogP contribution in [0.5, 0.6) is 0 Å². The molecule has 1 fully saturated rings. The molecule has 144 valence electrons. The number of thiazole rings is 1. The van der Waals surface area contributed by atoms with Gasteiger partial charge in [-0.05, 0) is 69.2 Å². The zero-order valence-corrected chi connectivity index (χ0v) is 17.4. The first-order chi connectivity index (χ1) is 13.5. The van der Waals surface area contributed by atoms with Gasteiger partial charge in [-0.1, -0.05) is 12.0 Å². The Hall–Kier alpha value is -2.16. The largest absolute Gasteiger partial charge is 0.382 e. The summed E-state index contributed by atoms with van der Waals surface area (Å²) in [4.78, 5) is 11.2. The third kappa shape index (κ3) is 2.22. The third-order valence-electron chi connectivity index (χ3n) is 6.88. The van der Waals surface area contributed by atoms with Crippen LogP contribution in [0.4, 0.5) is 0 Å². The summed E-state index contributed by atoms with van der Waals surface area (Å²) in [7, 11) is 1.83. The normalized spacial score (nSPS) is 30.1. The maximum absolute atomic E-state index is 6.45. The number of amidine groups is 1. The summed E-state index contributed by atoms with van der Waals surface area (Å²) in [6.45, 7) is 3.94. The average Bonchev–Trinajstić information content (AvgIpc) is 3.29. The first kappa shape index (κ1) is 17.9. The van der Waals surface area contributed by atoms with Gasteiger partial charge in [0.2, 0.25) is 0 Å². The van der Waals surface area contributed by atoms with E-state index in [-0.39, 0.29) is 5.41 Å². The van der Waals surface area contributed by atoms with Gasteiger partial charge in [0.1, 0.15) is 17.1 Å². The van der Waals surface area contributed by atoms with E-state index in [0.717, 1.165) is 48.4 Å². The van der Waals surface area contributed by atoms with Crippen LogP contribution in [0.15, 0.2) is 23.2 Å². The van der Waals surface area contributed by atoms with Crippen LogP contribution in [-0.2, 0) is 16.7 Å². The number of ether oxygens (including phenoxy) is 1. The molecule has 1 saturated carbocycles. The maximum Gasteiger partial charge on any atom is 0.147 e. The van der Waals surface area contributed by atoms with Crippen molar-refractivity contribution in [3.8, 4) is 11.8 Å². The van der Waals surface area contributed by atoms with Crippen molar-refractivity contribution >= 4 is 17.2 Å². The molecule has 2 aliphatic carbocycles. The topological polar surface area (TPSA) is 60.5 Å². The molecular formula is C23H25N3OS. The highest BCUT2D eigenvalue weighted by atomic mass is 32.1. The Bertz CT molecular complexity index is 1050. The zero-order valence-electron chi connectivity index (χ0n) is 16.6. The lowest BCUT2D eigenvalue weighted by atomic mass is 9.61. The lowest BCUT2D eigenvalue weighted by molar-refractivity contribution is 0.00749. The summed E-state index contributed by atoms with van der Waals surface area (Å²) in [6.07, 6.45) is 5.68. The van der Waals surface area contributed by atoms with E-state index in [2.05, 4.69) is 37.0 Å². The highest BCUT2D eigenvalue weighted by Crippen LogP contribution is 2.65. The Morgan fingerprint density at radius 1 is 1.29 bits per heavy atom. The summed E-state index contributed by atoms with van der Waals surface area (Å²) in [6, 6.07) is 6.65. The molecule has 1 atom stereocenters. The molecule has 0 radical (unpaired) electrons. The number of benzene rings is 1. The van der Waals surface area contributed by atoms with Gasteiger partial charge in [-0.25, -0.2) is 9.98 Å². The van der Waals surface area contributed by atoms with Crippen LogP contribution >= 0.6 is 11.3 Å². The molecule has 5 heteroatoms. The number of aliphatic imine (C=N–C) groups is 1. The SMILES string of the molecule is CC#Cc1ccc2c(c1)C1(N=C(N)c3nc(C)sc31)C1(CCC(OC)CC1)C2. The van der Waals surface area contributed by atoms with Crippen molar-refractivity contribution in [3.63, 3.8) is 0 Å². The first-order valence-corrected chi connectivity index (χ1v) is 10.8. The predicted molar refractivity (Wildman–Crippen MR) is 113 cm³/mol. The van der Waals surface area contributed by atoms with Crippen molar-refractivity contribution in [2.45, 2.75) is 57.6 Å². The molecule has 1 aliphatic heterocycles. The van der Waals surface area contributed by atoms with Gasteiger partial charge in [-0.15, -0.1) is 17.3 Å². The lowest BCUT2D eigenvalue weighted by Crippen LogP contribution is -2.44. The Morgan fingerprint density at radius 3 is 2.79 bits per heavy atom. The fourth-order valence-corrected chi connectivity index (χ4v) is 6.86. The van der Waals surface area contributed by atoms with Crippen LogP contribution in [0.3, 0.4) is 0 Å². The van der Waals surface area contributed by atoms with Gasteiger partial charge in [0.25, 0.3) is 0 Å². The summed E-state index contributed by atoms with van der Waals surface area (Å²) >= 11 is 1.76. The summed E-state index contributed by atoms with van der Waals surface area (Å²) in [5.41, 5.74) is 10.7. The molecule has 3 aliphatic rings. The van der Waals surface area contributed by atoms with Crippen molar-refractivity contribution in [1.82, 2.24) is 4.98 Å². The second-order valence-electron chi connectivity index (χ2n) is 8.26. The zero-order chi connectivity index (χ0) is 19.5. The number of methoxy groups -OCH3 is 1. The van der Waals surface area contributed by atoms with Crippen molar-refractivity contribution in [1.29, 1.82) is 0 Å². The van der Waals surface area contributed by atoms with Gasteiger partial charge in [0, 0.05) is 18.1 Å². The Balaban J connectivity index is 1.76. The van der Waals surface area contributed by atoms with Gasteiger partial charge in [-0.3, -0.25) is 0 Å². The minimum absolute atomic E-state index is 0.0392. The Labute approximate surface area is 170 Å². The van der Waals surface area contributed by atoms with E-state index in [4.69, 9.17) is 20.4 Å². The number of fused-ring (bicyclic) bond motifs is 5. The van der Waals surface area contributed by atoms with Gasteiger partial charge in [0.15, 0.2) is 0 Å². The quantitative estimate of drug-likeness (QED) is 0.750. The number of rotatable bonds is 1. The second kappa shape index (κ2) is 6.17. The van der Waals surface area contributed by atoms with Crippen LogP contribution in [0.25, 0.3) is 0 Å². The fraction of sp³-hybridized carbons (Fsp3) is 0.478. The highest BCUT2D eigenvalue weighted by Gasteiger charge is 2.63. The van der Waals surface area contributed by atoms with Crippen LogP contribution < -0.4 is 5.73 Å². The predicted octanol–water partition coefficient (Wildman–Crippen LogP) is 3.92. The first-order valence-electron chi connectivity index (χ1n) is 9.95.